The van der Waals surface area contributed by atoms with Gasteiger partial charge in [0.1, 0.15) is 5.60 Å². The third-order valence-corrected chi connectivity index (χ3v) is 6.65. The Morgan fingerprint density at radius 2 is 1.62 bits per heavy atom. The highest BCUT2D eigenvalue weighted by atomic mass is 32.2. The second kappa shape index (κ2) is 7.66. The van der Waals surface area contributed by atoms with Crippen molar-refractivity contribution in [3.8, 4) is 0 Å². The molecule has 0 unspecified atom stereocenters. The first-order valence-corrected chi connectivity index (χ1v) is 10.5. The summed E-state index contributed by atoms with van der Waals surface area (Å²) in [5, 5.41) is 0. The maximum atomic E-state index is 13.1. The van der Waals surface area contributed by atoms with Gasteiger partial charge in [0.05, 0.1) is 31.1 Å². The van der Waals surface area contributed by atoms with Gasteiger partial charge in [-0.2, -0.15) is 4.31 Å². The first kappa shape index (κ1) is 20.9. The van der Waals surface area contributed by atoms with Gasteiger partial charge in [0.15, 0.2) is 6.54 Å². The van der Waals surface area contributed by atoms with E-state index in [0.717, 1.165) is 21.6 Å². The SMILES string of the molecule is Cc1cc(C)c(S(=O)(=O)N2CC[NH+](CC(=O)OC(C)(C)C)CC2)c(C)c1. The number of sulfonamides is 1. The fourth-order valence-electron chi connectivity index (χ4n) is 3.50. The molecule has 0 saturated carbocycles. The molecule has 1 aromatic carbocycles. The molecule has 0 amide bonds. The summed E-state index contributed by atoms with van der Waals surface area (Å²) in [6.45, 7) is 13.5. The molecule has 6 nitrogen and oxygen atoms in total. The second-order valence-electron chi connectivity index (χ2n) is 8.15. The summed E-state index contributed by atoms with van der Waals surface area (Å²) in [5.74, 6) is -0.242. The minimum Gasteiger partial charge on any atom is -0.456 e. The van der Waals surface area contributed by atoms with E-state index in [1.807, 2.05) is 53.7 Å². The molecule has 146 valence electrons. The number of aryl methyl sites for hydroxylation is 3. The lowest BCUT2D eigenvalue weighted by atomic mass is 10.1. The van der Waals surface area contributed by atoms with Gasteiger partial charge in [-0.15, -0.1) is 0 Å². The lowest BCUT2D eigenvalue weighted by Gasteiger charge is -2.32. The van der Waals surface area contributed by atoms with Crippen molar-refractivity contribution in [1.82, 2.24) is 4.31 Å². The van der Waals surface area contributed by atoms with Crippen LogP contribution in [0.2, 0.25) is 0 Å². The number of piperazine rings is 1. The molecule has 0 aliphatic carbocycles. The summed E-state index contributed by atoms with van der Waals surface area (Å²) in [4.78, 5) is 13.4. The molecule has 0 radical (unpaired) electrons. The lowest BCUT2D eigenvalue weighted by molar-refractivity contribution is -0.896. The van der Waals surface area contributed by atoms with Crippen molar-refractivity contribution in [1.29, 1.82) is 0 Å². The third kappa shape index (κ3) is 5.05. The summed E-state index contributed by atoms with van der Waals surface area (Å²) in [6.07, 6.45) is 0. The number of rotatable bonds is 4. The topological polar surface area (TPSA) is 68.1 Å². The number of carbonyl (C=O) groups is 1. The van der Waals surface area contributed by atoms with Gasteiger partial charge in [-0.05, 0) is 52.7 Å². The molecular weight excluding hydrogens is 352 g/mol. The quantitative estimate of drug-likeness (QED) is 0.783. The summed E-state index contributed by atoms with van der Waals surface area (Å²) in [6, 6.07) is 3.81. The van der Waals surface area contributed by atoms with E-state index in [2.05, 4.69) is 0 Å². The number of carbonyl (C=O) groups excluding carboxylic acids is 1. The Bertz CT molecular complexity index is 750. The van der Waals surface area contributed by atoms with Crippen molar-refractivity contribution in [3.63, 3.8) is 0 Å². The van der Waals surface area contributed by atoms with E-state index in [1.165, 1.54) is 4.31 Å². The zero-order valence-corrected chi connectivity index (χ0v) is 17.5. The highest BCUT2D eigenvalue weighted by Gasteiger charge is 2.33. The Morgan fingerprint density at radius 3 is 2.08 bits per heavy atom. The molecule has 1 fully saturated rings. The Morgan fingerprint density at radius 1 is 1.12 bits per heavy atom. The van der Waals surface area contributed by atoms with E-state index in [4.69, 9.17) is 4.74 Å². The van der Waals surface area contributed by atoms with Crippen LogP contribution in [0.1, 0.15) is 37.5 Å². The van der Waals surface area contributed by atoms with E-state index in [-0.39, 0.29) is 12.5 Å². The molecular formula is C19H31N2O4S+. The first-order chi connectivity index (χ1) is 11.9. The molecule has 26 heavy (non-hydrogen) atoms. The van der Waals surface area contributed by atoms with Gasteiger partial charge >= 0.3 is 5.97 Å². The smallest absolute Gasteiger partial charge is 0.362 e. The van der Waals surface area contributed by atoms with Crippen LogP contribution in [-0.4, -0.2) is 57.0 Å². The van der Waals surface area contributed by atoms with Crippen LogP contribution in [0.25, 0.3) is 0 Å². The van der Waals surface area contributed by atoms with Crippen LogP contribution < -0.4 is 4.90 Å². The van der Waals surface area contributed by atoms with Crippen molar-refractivity contribution in [2.45, 2.75) is 52.0 Å². The molecule has 2 rings (SSSR count). The van der Waals surface area contributed by atoms with Gasteiger partial charge in [-0.1, -0.05) is 17.7 Å². The zero-order chi connectivity index (χ0) is 19.7. The predicted octanol–water partition coefficient (Wildman–Crippen LogP) is 0.843. The molecule has 1 saturated heterocycles. The number of nitrogens with zero attached hydrogens (tertiary/aromatic N) is 1. The minimum absolute atomic E-state index is 0.242. The van der Waals surface area contributed by atoms with Gasteiger partial charge in [0.25, 0.3) is 0 Å². The Balaban J connectivity index is 2.04. The summed E-state index contributed by atoms with van der Waals surface area (Å²) in [5.41, 5.74) is 2.13. The van der Waals surface area contributed by atoms with Crippen LogP contribution in [0.3, 0.4) is 0 Å². The molecule has 1 aliphatic heterocycles. The molecule has 1 N–H and O–H groups in total. The largest absolute Gasteiger partial charge is 0.456 e. The Labute approximate surface area is 157 Å². The van der Waals surface area contributed by atoms with E-state index >= 15 is 0 Å². The molecule has 7 heteroatoms. The van der Waals surface area contributed by atoms with Crippen LogP contribution >= 0.6 is 0 Å². The minimum atomic E-state index is -3.52. The number of hydrogen-bond donors (Lipinski definition) is 1. The maximum Gasteiger partial charge on any atom is 0.362 e. The fraction of sp³-hybridized carbons (Fsp3) is 0.632. The van der Waals surface area contributed by atoms with Gasteiger partial charge in [-0.3, -0.25) is 0 Å². The van der Waals surface area contributed by atoms with Crippen LogP contribution in [0.4, 0.5) is 0 Å². The summed E-state index contributed by atoms with van der Waals surface area (Å²) < 4.78 is 33.1. The second-order valence-corrected chi connectivity index (χ2v) is 10.0. The number of quaternary nitrogens is 1. The highest BCUT2D eigenvalue weighted by Crippen LogP contribution is 2.25. The molecule has 1 aliphatic rings. The highest BCUT2D eigenvalue weighted by molar-refractivity contribution is 7.89. The van der Waals surface area contributed by atoms with Crippen LogP contribution in [-0.2, 0) is 19.6 Å². The Hall–Kier alpha value is -1.44. The maximum absolute atomic E-state index is 13.1. The van der Waals surface area contributed by atoms with Crippen molar-refractivity contribution < 1.29 is 22.8 Å². The van der Waals surface area contributed by atoms with Gasteiger partial charge < -0.3 is 9.64 Å². The number of ether oxygens (including phenoxy) is 1. The van der Waals surface area contributed by atoms with Gasteiger partial charge in [0, 0.05) is 0 Å². The number of benzene rings is 1. The van der Waals surface area contributed by atoms with E-state index in [0.29, 0.717) is 31.1 Å². The molecule has 1 aromatic rings. The van der Waals surface area contributed by atoms with Crippen molar-refractivity contribution in [2.75, 3.05) is 32.7 Å². The lowest BCUT2D eigenvalue weighted by Crippen LogP contribution is -3.15. The first-order valence-electron chi connectivity index (χ1n) is 9.03. The normalized spacial score (nSPS) is 17.3. The van der Waals surface area contributed by atoms with Crippen LogP contribution in [0.5, 0.6) is 0 Å². The number of hydrogen-bond acceptors (Lipinski definition) is 4. The summed E-state index contributed by atoms with van der Waals surface area (Å²) >= 11 is 0. The van der Waals surface area contributed by atoms with Gasteiger partial charge in [0.2, 0.25) is 10.0 Å². The standard InChI is InChI=1S/C19H30N2O4S/c1-14-11-15(2)18(16(3)12-14)26(23,24)21-9-7-20(8-10-21)13-17(22)25-19(4,5)6/h11-12H,7-10,13H2,1-6H3/p+1. The van der Waals surface area contributed by atoms with Crippen LogP contribution in [0.15, 0.2) is 17.0 Å². The van der Waals surface area contributed by atoms with E-state index < -0.39 is 15.6 Å². The molecule has 1 heterocycles. The average Bonchev–Trinajstić information content (AvgIpc) is 2.44. The van der Waals surface area contributed by atoms with Crippen molar-refractivity contribution in [2.24, 2.45) is 0 Å². The average molecular weight is 384 g/mol. The Kier molecular flexibility index (Phi) is 6.15. The fourth-order valence-corrected chi connectivity index (χ4v) is 5.36. The third-order valence-electron chi connectivity index (χ3n) is 4.45. The monoisotopic (exact) mass is 383 g/mol. The van der Waals surface area contributed by atoms with E-state index in [1.54, 1.807) is 0 Å². The number of nitrogens with one attached hydrogen (secondary N) is 1. The molecule has 0 spiro atoms. The van der Waals surface area contributed by atoms with Crippen LogP contribution in [0, 0.1) is 20.8 Å². The predicted molar refractivity (Wildman–Crippen MR) is 101 cm³/mol. The molecule has 0 atom stereocenters. The molecule has 0 aromatic heterocycles. The number of esters is 1. The van der Waals surface area contributed by atoms with Crippen molar-refractivity contribution in [3.05, 3.63) is 28.8 Å². The van der Waals surface area contributed by atoms with Gasteiger partial charge in [-0.25, -0.2) is 13.2 Å². The molecule has 0 bridgehead atoms. The van der Waals surface area contributed by atoms with E-state index in [9.17, 15) is 13.2 Å². The zero-order valence-electron chi connectivity index (χ0n) is 16.7. The summed E-state index contributed by atoms with van der Waals surface area (Å²) in [7, 11) is -3.52. The van der Waals surface area contributed by atoms with Crippen molar-refractivity contribution >= 4 is 16.0 Å².